The number of carbonyl (C=O) groups excluding carboxylic acids is 1. The van der Waals surface area contributed by atoms with Gasteiger partial charge in [-0.3, -0.25) is 9.59 Å². The molecule has 94 valence electrons. The number of hydrogen-bond acceptors (Lipinski definition) is 3. The fraction of sp³-hybridized carbons (Fsp3) is 0.833. The fourth-order valence-electron chi connectivity index (χ4n) is 1.67. The summed E-state index contributed by atoms with van der Waals surface area (Å²) in [6, 6.07) is 0. The van der Waals surface area contributed by atoms with Gasteiger partial charge < -0.3 is 5.11 Å². The third-order valence-electron chi connectivity index (χ3n) is 2.69. The normalized spacial score (nSPS) is 12.4. The Morgan fingerprint density at radius 3 is 2.00 bits per heavy atom. The third-order valence-corrected chi connectivity index (χ3v) is 3.01. The SMILES string of the molecule is CC(=O)C(CCCCCCCCS)C(=O)O. The zero-order chi connectivity index (χ0) is 12.4. The van der Waals surface area contributed by atoms with Crippen molar-refractivity contribution in [3.8, 4) is 0 Å². The summed E-state index contributed by atoms with van der Waals surface area (Å²) in [7, 11) is 0. The highest BCUT2D eigenvalue weighted by atomic mass is 32.1. The molecule has 0 aromatic carbocycles. The Hall–Kier alpha value is -0.510. The zero-order valence-corrected chi connectivity index (χ0v) is 10.8. The van der Waals surface area contributed by atoms with Crippen LogP contribution in [-0.2, 0) is 9.59 Å². The number of carboxylic acids is 1. The molecule has 0 aliphatic heterocycles. The maximum absolute atomic E-state index is 11.0. The van der Waals surface area contributed by atoms with Gasteiger partial charge in [-0.15, -0.1) is 0 Å². The number of carbonyl (C=O) groups is 2. The summed E-state index contributed by atoms with van der Waals surface area (Å²) in [4.78, 5) is 21.7. The van der Waals surface area contributed by atoms with E-state index in [-0.39, 0.29) is 5.78 Å². The lowest BCUT2D eigenvalue weighted by Crippen LogP contribution is -2.21. The van der Waals surface area contributed by atoms with Crippen LogP contribution in [0.15, 0.2) is 0 Å². The van der Waals surface area contributed by atoms with Crippen molar-refractivity contribution in [2.24, 2.45) is 5.92 Å². The molecule has 0 saturated carbocycles. The Bertz CT molecular complexity index is 202. The van der Waals surface area contributed by atoms with E-state index in [0.717, 1.165) is 31.4 Å². The van der Waals surface area contributed by atoms with Gasteiger partial charge in [-0.25, -0.2) is 0 Å². The van der Waals surface area contributed by atoms with Gasteiger partial charge in [0.25, 0.3) is 0 Å². The minimum Gasteiger partial charge on any atom is -0.481 e. The van der Waals surface area contributed by atoms with Crippen LogP contribution < -0.4 is 0 Å². The number of Topliss-reactive ketones (excluding diaryl/α,β-unsaturated/α-hetero) is 1. The molecule has 0 aromatic heterocycles. The molecule has 0 heterocycles. The summed E-state index contributed by atoms with van der Waals surface area (Å²) < 4.78 is 0. The maximum Gasteiger partial charge on any atom is 0.314 e. The van der Waals surface area contributed by atoms with Crippen molar-refractivity contribution < 1.29 is 14.7 Å². The molecule has 3 nitrogen and oxygen atoms in total. The van der Waals surface area contributed by atoms with Crippen LogP contribution in [0.25, 0.3) is 0 Å². The van der Waals surface area contributed by atoms with Gasteiger partial charge in [0.05, 0.1) is 0 Å². The van der Waals surface area contributed by atoms with E-state index in [4.69, 9.17) is 5.11 Å². The Kier molecular flexibility index (Phi) is 9.39. The lowest BCUT2D eigenvalue weighted by molar-refractivity contribution is -0.146. The van der Waals surface area contributed by atoms with Crippen LogP contribution in [0.3, 0.4) is 0 Å². The van der Waals surface area contributed by atoms with Crippen LogP contribution in [0.1, 0.15) is 51.9 Å². The molecule has 0 rings (SSSR count). The molecule has 1 unspecified atom stereocenters. The highest BCUT2D eigenvalue weighted by Crippen LogP contribution is 2.13. The molecule has 16 heavy (non-hydrogen) atoms. The molecular weight excluding hydrogens is 224 g/mol. The molecule has 1 atom stereocenters. The van der Waals surface area contributed by atoms with Crippen molar-refractivity contribution in [1.82, 2.24) is 0 Å². The van der Waals surface area contributed by atoms with Gasteiger partial charge in [0.1, 0.15) is 11.7 Å². The first-order chi connectivity index (χ1) is 7.59. The first kappa shape index (κ1) is 15.5. The van der Waals surface area contributed by atoms with E-state index in [9.17, 15) is 9.59 Å². The van der Waals surface area contributed by atoms with Crippen LogP contribution in [0.5, 0.6) is 0 Å². The Balaban J connectivity index is 3.48. The van der Waals surface area contributed by atoms with E-state index < -0.39 is 11.9 Å². The van der Waals surface area contributed by atoms with E-state index in [2.05, 4.69) is 12.6 Å². The molecule has 0 saturated heterocycles. The smallest absolute Gasteiger partial charge is 0.314 e. The first-order valence-electron chi connectivity index (χ1n) is 5.93. The molecule has 0 bridgehead atoms. The standard InChI is InChI=1S/C12H22O3S/c1-10(13)11(12(14)15)8-6-4-2-3-5-7-9-16/h11,16H,2-9H2,1H3,(H,14,15). The van der Waals surface area contributed by atoms with E-state index in [0.29, 0.717) is 6.42 Å². The van der Waals surface area contributed by atoms with Gasteiger partial charge >= 0.3 is 5.97 Å². The van der Waals surface area contributed by atoms with Gasteiger partial charge in [-0.05, 0) is 25.5 Å². The van der Waals surface area contributed by atoms with Crippen LogP contribution >= 0.6 is 12.6 Å². The lowest BCUT2D eigenvalue weighted by atomic mass is 9.97. The molecule has 0 radical (unpaired) electrons. The van der Waals surface area contributed by atoms with Crippen molar-refractivity contribution in [1.29, 1.82) is 0 Å². The topological polar surface area (TPSA) is 54.4 Å². The van der Waals surface area contributed by atoms with Crippen molar-refractivity contribution in [2.45, 2.75) is 51.9 Å². The second-order valence-electron chi connectivity index (χ2n) is 4.14. The Morgan fingerprint density at radius 1 is 1.06 bits per heavy atom. The van der Waals surface area contributed by atoms with Gasteiger partial charge in [0, 0.05) is 0 Å². The van der Waals surface area contributed by atoms with E-state index in [1.165, 1.54) is 19.8 Å². The van der Waals surface area contributed by atoms with Crippen molar-refractivity contribution in [3.05, 3.63) is 0 Å². The average Bonchev–Trinajstić information content (AvgIpc) is 2.21. The summed E-state index contributed by atoms with van der Waals surface area (Å²) in [5.41, 5.74) is 0. The Morgan fingerprint density at radius 2 is 1.56 bits per heavy atom. The van der Waals surface area contributed by atoms with Gasteiger partial charge in [-0.1, -0.05) is 32.1 Å². The van der Waals surface area contributed by atoms with Gasteiger partial charge in [0.15, 0.2) is 0 Å². The van der Waals surface area contributed by atoms with E-state index >= 15 is 0 Å². The van der Waals surface area contributed by atoms with Crippen molar-refractivity contribution in [2.75, 3.05) is 5.75 Å². The van der Waals surface area contributed by atoms with E-state index in [1.54, 1.807) is 0 Å². The summed E-state index contributed by atoms with van der Waals surface area (Å²) in [5, 5.41) is 8.79. The monoisotopic (exact) mass is 246 g/mol. The van der Waals surface area contributed by atoms with E-state index in [1.807, 2.05) is 0 Å². The highest BCUT2D eigenvalue weighted by Gasteiger charge is 2.21. The number of hydrogen-bond donors (Lipinski definition) is 2. The lowest BCUT2D eigenvalue weighted by Gasteiger charge is -2.07. The molecular formula is C12H22O3S. The number of rotatable bonds is 10. The molecule has 0 aliphatic rings. The number of ketones is 1. The second-order valence-corrected chi connectivity index (χ2v) is 4.58. The average molecular weight is 246 g/mol. The summed E-state index contributed by atoms with van der Waals surface area (Å²) in [6.07, 6.45) is 6.97. The zero-order valence-electron chi connectivity index (χ0n) is 9.95. The van der Waals surface area contributed by atoms with Crippen LogP contribution in [0.4, 0.5) is 0 Å². The predicted molar refractivity (Wildman–Crippen MR) is 68.0 cm³/mol. The summed E-state index contributed by atoms with van der Waals surface area (Å²) >= 11 is 4.13. The first-order valence-corrected chi connectivity index (χ1v) is 6.57. The summed E-state index contributed by atoms with van der Waals surface area (Å²) in [5.74, 6) is -1.08. The number of aliphatic carboxylic acids is 1. The maximum atomic E-state index is 11.0. The minimum atomic E-state index is -0.984. The fourth-order valence-corrected chi connectivity index (χ4v) is 1.89. The predicted octanol–water partition coefficient (Wildman–Crippen LogP) is 2.94. The molecule has 0 spiro atoms. The van der Waals surface area contributed by atoms with Crippen molar-refractivity contribution >= 4 is 24.4 Å². The second kappa shape index (κ2) is 9.70. The largest absolute Gasteiger partial charge is 0.481 e. The Labute approximate surface area is 103 Å². The number of carboxylic acid groups (broad SMARTS) is 1. The highest BCUT2D eigenvalue weighted by molar-refractivity contribution is 7.80. The van der Waals surface area contributed by atoms with Gasteiger partial charge in [-0.2, -0.15) is 12.6 Å². The molecule has 0 aliphatic carbocycles. The van der Waals surface area contributed by atoms with Crippen LogP contribution in [-0.4, -0.2) is 22.6 Å². The molecule has 0 amide bonds. The minimum absolute atomic E-state index is 0.234. The van der Waals surface area contributed by atoms with Crippen molar-refractivity contribution in [3.63, 3.8) is 0 Å². The number of thiol groups is 1. The number of unbranched alkanes of at least 4 members (excludes halogenated alkanes) is 5. The summed E-state index contributed by atoms with van der Waals surface area (Å²) in [6.45, 7) is 1.35. The molecule has 0 aromatic rings. The third kappa shape index (κ3) is 7.74. The van der Waals surface area contributed by atoms with Crippen LogP contribution in [0.2, 0.25) is 0 Å². The quantitative estimate of drug-likeness (QED) is 0.354. The molecule has 4 heteroatoms. The molecule has 1 N–H and O–H groups in total. The van der Waals surface area contributed by atoms with Gasteiger partial charge in [0.2, 0.25) is 0 Å². The van der Waals surface area contributed by atoms with Crippen LogP contribution in [0, 0.1) is 5.92 Å². The molecule has 0 fully saturated rings.